The zero-order valence-corrected chi connectivity index (χ0v) is 15.6. The fraction of sp³-hybridized carbons (Fsp3) is 0.286. The van der Waals surface area contributed by atoms with Gasteiger partial charge in [0.05, 0.1) is 18.2 Å². The Balaban J connectivity index is 1.89. The molecule has 1 heterocycles. The van der Waals surface area contributed by atoms with E-state index in [0.29, 0.717) is 29.0 Å². The standard InChI is InChI=1S/C21H22N2O4/c1-13(2)11-18(19(24)22-14-7-6-8-15(12-14)27-3)23-20(25)16-9-4-5-10-17(16)21(23)26/h4-10,12-13,18H,11H2,1-3H3,(H,22,24)/t18-/m1/s1. The first-order chi connectivity index (χ1) is 12.9. The zero-order valence-electron chi connectivity index (χ0n) is 15.6. The highest BCUT2D eigenvalue weighted by Gasteiger charge is 2.42. The fourth-order valence-electron chi connectivity index (χ4n) is 3.19. The molecule has 0 saturated carbocycles. The summed E-state index contributed by atoms with van der Waals surface area (Å²) in [5.74, 6) is -0.528. The molecule has 1 aliphatic heterocycles. The Kier molecular flexibility index (Phi) is 5.26. The Morgan fingerprint density at radius 1 is 1.04 bits per heavy atom. The van der Waals surface area contributed by atoms with Crippen molar-refractivity contribution in [2.45, 2.75) is 26.3 Å². The lowest BCUT2D eigenvalue weighted by atomic mass is 10.0. The van der Waals surface area contributed by atoms with E-state index in [1.54, 1.807) is 55.6 Å². The molecule has 1 aliphatic rings. The smallest absolute Gasteiger partial charge is 0.262 e. The number of methoxy groups -OCH3 is 1. The lowest BCUT2D eigenvalue weighted by Gasteiger charge is -2.26. The van der Waals surface area contributed by atoms with Crippen molar-refractivity contribution in [3.05, 3.63) is 59.7 Å². The number of imide groups is 1. The molecule has 0 unspecified atom stereocenters. The van der Waals surface area contributed by atoms with Crippen LogP contribution < -0.4 is 10.1 Å². The molecule has 2 aromatic carbocycles. The first-order valence-corrected chi connectivity index (χ1v) is 8.84. The molecule has 27 heavy (non-hydrogen) atoms. The van der Waals surface area contributed by atoms with Gasteiger partial charge in [-0.25, -0.2) is 0 Å². The van der Waals surface area contributed by atoms with Crippen molar-refractivity contribution in [2.24, 2.45) is 5.92 Å². The van der Waals surface area contributed by atoms with E-state index in [1.165, 1.54) is 0 Å². The first-order valence-electron chi connectivity index (χ1n) is 8.84. The largest absolute Gasteiger partial charge is 0.497 e. The third kappa shape index (κ3) is 3.69. The molecule has 1 N–H and O–H groups in total. The molecule has 0 spiro atoms. The second-order valence-electron chi connectivity index (χ2n) is 6.89. The van der Waals surface area contributed by atoms with Crippen molar-refractivity contribution < 1.29 is 19.1 Å². The molecule has 2 aromatic rings. The number of rotatable bonds is 6. The third-order valence-electron chi connectivity index (χ3n) is 4.47. The minimum Gasteiger partial charge on any atom is -0.497 e. The van der Waals surface area contributed by atoms with Gasteiger partial charge in [-0.1, -0.05) is 32.0 Å². The van der Waals surface area contributed by atoms with Gasteiger partial charge in [0.15, 0.2) is 0 Å². The third-order valence-corrected chi connectivity index (χ3v) is 4.47. The van der Waals surface area contributed by atoms with E-state index in [-0.39, 0.29) is 5.92 Å². The van der Waals surface area contributed by atoms with Crippen molar-refractivity contribution in [2.75, 3.05) is 12.4 Å². The van der Waals surface area contributed by atoms with Crippen LogP contribution >= 0.6 is 0 Å². The lowest BCUT2D eigenvalue weighted by molar-refractivity contribution is -0.120. The monoisotopic (exact) mass is 366 g/mol. The number of ether oxygens (including phenoxy) is 1. The average Bonchev–Trinajstić information content (AvgIpc) is 2.91. The molecule has 140 valence electrons. The van der Waals surface area contributed by atoms with Gasteiger partial charge in [-0.05, 0) is 36.6 Å². The van der Waals surface area contributed by atoms with Gasteiger partial charge in [0.25, 0.3) is 11.8 Å². The minimum absolute atomic E-state index is 0.121. The maximum absolute atomic E-state index is 13.0. The zero-order chi connectivity index (χ0) is 19.6. The summed E-state index contributed by atoms with van der Waals surface area (Å²) >= 11 is 0. The van der Waals surface area contributed by atoms with E-state index in [1.807, 2.05) is 13.8 Å². The van der Waals surface area contributed by atoms with Gasteiger partial charge in [-0.15, -0.1) is 0 Å². The summed E-state index contributed by atoms with van der Waals surface area (Å²) < 4.78 is 5.17. The van der Waals surface area contributed by atoms with Crippen LogP contribution in [0.2, 0.25) is 0 Å². The Bertz CT molecular complexity index is 856. The number of amides is 3. The topological polar surface area (TPSA) is 75.7 Å². The quantitative estimate of drug-likeness (QED) is 0.796. The second-order valence-corrected chi connectivity index (χ2v) is 6.89. The molecule has 0 fully saturated rings. The van der Waals surface area contributed by atoms with Gasteiger partial charge in [0, 0.05) is 11.8 Å². The first kappa shape index (κ1) is 18.6. The highest BCUT2D eigenvalue weighted by molar-refractivity contribution is 6.23. The molecule has 6 heteroatoms. The van der Waals surface area contributed by atoms with E-state index >= 15 is 0 Å². The van der Waals surface area contributed by atoms with Crippen molar-refractivity contribution in [1.29, 1.82) is 0 Å². The second kappa shape index (κ2) is 7.61. The Labute approximate surface area is 158 Å². The predicted octanol–water partition coefficient (Wildman–Crippen LogP) is 3.34. The summed E-state index contributed by atoms with van der Waals surface area (Å²) in [4.78, 5) is 39.6. The summed E-state index contributed by atoms with van der Waals surface area (Å²) in [6.45, 7) is 3.90. The van der Waals surface area contributed by atoms with Crippen LogP contribution in [-0.4, -0.2) is 35.8 Å². The maximum Gasteiger partial charge on any atom is 0.262 e. The van der Waals surface area contributed by atoms with Crippen LogP contribution in [0.1, 0.15) is 41.0 Å². The lowest BCUT2D eigenvalue weighted by Crippen LogP contribution is -2.47. The molecular formula is C21H22N2O4. The van der Waals surface area contributed by atoms with E-state index in [9.17, 15) is 14.4 Å². The molecular weight excluding hydrogens is 344 g/mol. The van der Waals surface area contributed by atoms with Gasteiger partial charge in [-0.2, -0.15) is 0 Å². The fourth-order valence-corrected chi connectivity index (χ4v) is 3.19. The Hall–Kier alpha value is -3.15. The predicted molar refractivity (Wildman–Crippen MR) is 102 cm³/mol. The molecule has 0 aliphatic carbocycles. The van der Waals surface area contributed by atoms with Crippen molar-refractivity contribution in [1.82, 2.24) is 4.90 Å². The van der Waals surface area contributed by atoms with E-state index in [2.05, 4.69) is 5.32 Å². The SMILES string of the molecule is COc1cccc(NC(=O)[C@@H](CC(C)C)N2C(=O)c3ccccc3C2=O)c1. The summed E-state index contributed by atoms with van der Waals surface area (Å²) in [5.41, 5.74) is 1.22. The molecule has 3 amide bonds. The summed E-state index contributed by atoms with van der Waals surface area (Å²) in [6.07, 6.45) is 0.376. The Morgan fingerprint density at radius 2 is 1.67 bits per heavy atom. The van der Waals surface area contributed by atoms with Gasteiger partial charge in [-0.3, -0.25) is 19.3 Å². The number of fused-ring (bicyclic) bond motifs is 1. The normalized spacial score (nSPS) is 14.3. The average molecular weight is 366 g/mol. The van der Waals surface area contributed by atoms with Gasteiger partial charge in [0.1, 0.15) is 11.8 Å². The number of nitrogens with zero attached hydrogens (tertiary/aromatic N) is 1. The van der Waals surface area contributed by atoms with Crippen LogP contribution in [-0.2, 0) is 4.79 Å². The van der Waals surface area contributed by atoms with Crippen LogP contribution in [0.15, 0.2) is 48.5 Å². The molecule has 0 radical (unpaired) electrons. The van der Waals surface area contributed by atoms with Crippen LogP contribution in [0.5, 0.6) is 5.75 Å². The summed E-state index contributed by atoms with van der Waals surface area (Å²) in [5, 5.41) is 2.80. The van der Waals surface area contributed by atoms with Crippen molar-refractivity contribution >= 4 is 23.4 Å². The van der Waals surface area contributed by atoms with Gasteiger partial charge >= 0.3 is 0 Å². The summed E-state index contributed by atoms with van der Waals surface area (Å²) in [6, 6.07) is 12.7. The minimum atomic E-state index is -0.886. The van der Waals surface area contributed by atoms with E-state index < -0.39 is 23.8 Å². The van der Waals surface area contributed by atoms with Crippen molar-refractivity contribution in [3.8, 4) is 5.75 Å². The number of anilines is 1. The van der Waals surface area contributed by atoms with E-state index in [0.717, 1.165) is 4.90 Å². The molecule has 1 atom stereocenters. The van der Waals surface area contributed by atoms with Crippen LogP contribution in [0, 0.1) is 5.92 Å². The number of carbonyl (C=O) groups excluding carboxylic acids is 3. The number of hydrogen-bond acceptors (Lipinski definition) is 4. The molecule has 0 saturated heterocycles. The van der Waals surface area contributed by atoms with Crippen LogP contribution in [0.3, 0.4) is 0 Å². The molecule has 0 aromatic heterocycles. The summed E-state index contributed by atoms with van der Waals surface area (Å²) in [7, 11) is 1.54. The van der Waals surface area contributed by atoms with Crippen LogP contribution in [0.25, 0.3) is 0 Å². The highest BCUT2D eigenvalue weighted by atomic mass is 16.5. The van der Waals surface area contributed by atoms with E-state index in [4.69, 9.17) is 4.74 Å². The molecule has 6 nitrogen and oxygen atoms in total. The number of nitrogens with one attached hydrogen (secondary N) is 1. The number of benzene rings is 2. The molecule has 3 rings (SSSR count). The number of carbonyl (C=O) groups is 3. The highest BCUT2D eigenvalue weighted by Crippen LogP contribution is 2.28. The number of hydrogen-bond donors (Lipinski definition) is 1. The molecule has 0 bridgehead atoms. The van der Waals surface area contributed by atoms with Gasteiger partial charge in [0.2, 0.25) is 5.91 Å². The van der Waals surface area contributed by atoms with Crippen molar-refractivity contribution in [3.63, 3.8) is 0 Å². The van der Waals surface area contributed by atoms with Gasteiger partial charge < -0.3 is 10.1 Å². The van der Waals surface area contributed by atoms with Crippen LogP contribution in [0.4, 0.5) is 5.69 Å². The maximum atomic E-state index is 13.0. The Morgan fingerprint density at radius 3 is 2.22 bits per heavy atom.